The fourth-order valence-electron chi connectivity index (χ4n) is 4.43. The molecule has 0 aliphatic heterocycles. The minimum absolute atomic E-state index is 0.0398. The van der Waals surface area contributed by atoms with Crippen LogP contribution in [-0.4, -0.2) is 31.8 Å². The summed E-state index contributed by atoms with van der Waals surface area (Å²) in [5.41, 5.74) is 2.70. The van der Waals surface area contributed by atoms with Gasteiger partial charge in [-0.25, -0.2) is 0 Å². The van der Waals surface area contributed by atoms with Gasteiger partial charge in [0.2, 0.25) is 0 Å². The molecule has 3 aromatic rings. The summed E-state index contributed by atoms with van der Waals surface area (Å²) in [6.07, 6.45) is 4.48. The van der Waals surface area contributed by atoms with E-state index in [1.807, 2.05) is 37.3 Å². The Bertz CT molecular complexity index is 1260. The van der Waals surface area contributed by atoms with Crippen LogP contribution in [0.3, 0.4) is 0 Å². The molecule has 0 radical (unpaired) electrons. The Morgan fingerprint density at radius 2 is 1.74 bits per heavy atom. The topological polar surface area (TPSA) is 77.9 Å². The number of benzene rings is 2. The fraction of sp³-hybridized carbons (Fsp3) is 0.407. The zero-order chi connectivity index (χ0) is 24.3. The maximum Gasteiger partial charge on any atom is 0.297 e. The fourth-order valence-corrected chi connectivity index (χ4v) is 5.54. The van der Waals surface area contributed by atoms with Gasteiger partial charge in [0.1, 0.15) is 6.10 Å². The number of aryl methyl sites for hydroxylation is 1. The van der Waals surface area contributed by atoms with E-state index in [9.17, 15) is 8.42 Å². The number of nitrogens with zero attached hydrogens (tertiary/aromatic N) is 2. The lowest BCUT2D eigenvalue weighted by Crippen LogP contribution is -2.41. The summed E-state index contributed by atoms with van der Waals surface area (Å²) in [5, 5.41) is 5.24. The minimum atomic E-state index is -3.93. The first-order chi connectivity index (χ1) is 16.1. The molecule has 180 valence electrons. The Labute approximate surface area is 202 Å². The van der Waals surface area contributed by atoms with Crippen molar-refractivity contribution in [1.82, 2.24) is 4.98 Å². The van der Waals surface area contributed by atoms with Crippen LogP contribution < -0.4 is 0 Å². The van der Waals surface area contributed by atoms with Gasteiger partial charge in [0.25, 0.3) is 10.1 Å². The van der Waals surface area contributed by atoms with Crippen LogP contribution in [0.1, 0.15) is 51.2 Å². The Morgan fingerprint density at radius 1 is 1.00 bits per heavy atom. The van der Waals surface area contributed by atoms with E-state index in [2.05, 4.69) is 30.9 Å². The molecule has 0 bridgehead atoms. The van der Waals surface area contributed by atoms with E-state index in [-0.39, 0.29) is 10.3 Å². The number of fused-ring (bicyclic) bond motifs is 1. The number of oxime groups is 1. The second-order valence-corrected chi connectivity index (χ2v) is 11.7. The second-order valence-electron chi connectivity index (χ2n) is 10.1. The van der Waals surface area contributed by atoms with Crippen molar-refractivity contribution in [2.45, 2.75) is 64.1 Å². The molecule has 0 N–H and O–H groups in total. The van der Waals surface area contributed by atoms with Crippen molar-refractivity contribution in [1.29, 1.82) is 0 Å². The first kappa shape index (κ1) is 24.4. The first-order valence-corrected chi connectivity index (χ1v) is 13.1. The molecule has 1 heterocycles. The summed E-state index contributed by atoms with van der Waals surface area (Å²) in [5.74, 6) is 0.316. The molecule has 1 aliphatic rings. The molecule has 34 heavy (non-hydrogen) atoms. The molecule has 7 heteroatoms. The summed E-state index contributed by atoms with van der Waals surface area (Å²) in [4.78, 5) is 10.5. The highest BCUT2D eigenvalue weighted by Crippen LogP contribution is 2.40. The van der Waals surface area contributed by atoms with Gasteiger partial charge in [-0.2, -0.15) is 8.42 Å². The number of hydrogen-bond donors (Lipinski definition) is 0. The number of hydrogen-bond acceptors (Lipinski definition) is 6. The summed E-state index contributed by atoms with van der Waals surface area (Å²) < 4.78 is 31.8. The standard InChI is InChI=1S/C27H32N2O4S/c1-19-10-13-23(14-11-19)34(30,31)33-25-17-22(27(2,3)4)12-15-24(25)32-29-18-21-8-5-7-20-9-6-16-28-26(20)21/h5-11,13-14,16,18,22,24-25H,12,15,17H2,1-4H3/b29-18+/t22-,24+,25-/m0/s1. The molecule has 0 amide bonds. The van der Waals surface area contributed by atoms with Crippen LogP contribution in [0.2, 0.25) is 0 Å². The van der Waals surface area contributed by atoms with E-state index in [4.69, 9.17) is 9.02 Å². The van der Waals surface area contributed by atoms with Gasteiger partial charge in [-0.05, 0) is 55.7 Å². The third-order valence-electron chi connectivity index (χ3n) is 6.57. The average molecular weight is 481 g/mol. The lowest BCUT2D eigenvalue weighted by atomic mass is 9.71. The lowest BCUT2D eigenvalue weighted by Gasteiger charge is -2.40. The summed E-state index contributed by atoms with van der Waals surface area (Å²) >= 11 is 0. The molecule has 0 spiro atoms. The van der Waals surface area contributed by atoms with E-state index >= 15 is 0 Å². The average Bonchev–Trinajstić information content (AvgIpc) is 2.79. The number of aromatic nitrogens is 1. The number of pyridine rings is 1. The van der Waals surface area contributed by atoms with Gasteiger partial charge in [-0.3, -0.25) is 9.17 Å². The van der Waals surface area contributed by atoms with Crippen LogP contribution in [0.25, 0.3) is 10.9 Å². The minimum Gasteiger partial charge on any atom is -0.390 e. The highest BCUT2D eigenvalue weighted by molar-refractivity contribution is 7.86. The van der Waals surface area contributed by atoms with E-state index in [0.717, 1.165) is 28.5 Å². The molecule has 1 aromatic heterocycles. The number of para-hydroxylation sites is 1. The highest BCUT2D eigenvalue weighted by Gasteiger charge is 2.40. The second kappa shape index (κ2) is 9.84. The maximum atomic E-state index is 13.0. The predicted molar refractivity (Wildman–Crippen MR) is 134 cm³/mol. The Balaban J connectivity index is 1.54. The molecule has 1 saturated carbocycles. The van der Waals surface area contributed by atoms with Crippen LogP contribution >= 0.6 is 0 Å². The summed E-state index contributed by atoms with van der Waals surface area (Å²) in [6, 6.07) is 16.4. The molecule has 3 atom stereocenters. The van der Waals surface area contributed by atoms with Crippen molar-refractivity contribution < 1.29 is 17.4 Å². The molecule has 4 rings (SSSR count). The van der Waals surface area contributed by atoms with Gasteiger partial charge in [-0.15, -0.1) is 0 Å². The molecule has 1 fully saturated rings. The molecule has 0 unspecified atom stereocenters. The Kier molecular flexibility index (Phi) is 7.05. The van der Waals surface area contributed by atoms with Crippen molar-refractivity contribution >= 4 is 27.2 Å². The van der Waals surface area contributed by atoms with Gasteiger partial charge < -0.3 is 4.84 Å². The van der Waals surface area contributed by atoms with Crippen molar-refractivity contribution in [2.24, 2.45) is 16.5 Å². The molecule has 2 aromatic carbocycles. The first-order valence-electron chi connectivity index (χ1n) is 11.7. The predicted octanol–water partition coefficient (Wildman–Crippen LogP) is 5.88. The van der Waals surface area contributed by atoms with Crippen molar-refractivity contribution in [3.8, 4) is 0 Å². The van der Waals surface area contributed by atoms with Crippen LogP contribution in [0.15, 0.2) is 70.8 Å². The van der Waals surface area contributed by atoms with Gasteiger partial charge in [0.15, 0.2) is 6.10 Å². The summed E-state index contributed by atoms with van der Waals surface area (Å²) in [6.45, 7) is 8.45. The van der Waals surface area contributed by atoms with Crippen LogP contribution in [0.4, 0.5) is 0 Å². The molecule has 0 saturated heterocycles. The van der Waals surface area contributed by atoms with Crippen molar-refractivity contribution in [3.05, 3.63) is 71.9 Å². The van der Waals surface area contributed by atoms with Gasteiger partial charge in [-0.1, -0.05) is 67.9 Å². The third-order valence-corrected chi connectivity index (χ3v) is 7.92. The zero-order valence-electron chi connectivity index (χ0n) is 20.1. The van der Waals surface area contributed by atoms with E-state index in [0.29, 0.717) is 18.8 Å². The smallest absolute Gasteiger partial charge is 0.297 e. The molecular formula is C27H32N2O4S. The van der Waals surface area contributed by atoms with E-state index < -0.39 is 22.3 Å². The SMILES string of the molecule is Cc1ccc(S(=O)(=O)O[C@H]2C[C@@H](C(C)(C)C)CC[C@H]2O/N=C/c2cccc3cccnc23)cc1. The van der Waals surface area contributed by atoms with Crippen LogP contribution in [0, 0.1) is 18.3 Å². The van der Waals surface area contributed by atoms with Gasteiger partial charge in [0, 0.05) is 17.1 Å². The highest BCUT2D eigenvalue weighted by atomic mass is 32.2. The quantitative estimate of drug-likeness (QED) is 0.250. The third kappa shape index (κ3) is 5.65. The molecule has 1 aliphatic carbocycles. The zero-order valence-corrected chi connectivity index (χ0v) is 21.0. The Morgan fingerprint density at radius 3 is 2.47 bits per heavy atom. The van der Waals surface area contributed by atoms with Gasteiger partial charge in [0.05, 0.1) is 16.6 Å². The van der Waals surface area contributed by atoms with E-state index in [1.54, 1.807) is 36.7 Å². The molecule has 6 nitrogen and oxygen atoms in total. The largest absolute Gasteiger partial charge is 0.390 e. The van der Waals surface area contributed by atoms with Crippen LogP contribution in [-0.2, 0) is 19.1 Å². The van der Waals surface area contributed by atoms with Crippen LogP contribution in [0.5, 0.6) is 0 Å². The monoisotopic (exact) mass is 480 g/mol. The van der Waals surface area contributed by atoms with Crippen molar-refractivity contribution in [3.63, 3.8) is 0 Å². The number of rotatable bonds is 6. The summed E-state index contributed by atoms with van der Waals surface area (Å²) in [7, 11) is -3.93. The lowest BCUT2D eigenvalue weighted by molar-refractivity contribution is -0.0674. The van der Waals surface area contributed by atoms with Gasteiger partial charge >= 0.3 is 0 Å². The normalized spacial score (nSPS) is 21.7. The maximum absolute atomic E-state index is 13.0. The Hall–Kier alpha value is -2.77. The molecular weight excluding hydrogens is 448 g/mol. The van der Waals surface area contributed by atoms with E-state index in [1.165, 1.54) is 0 Å². The van der Waals surface area contributed by atoms with Crippen molar-refractivity contribution in [2.75, 3.05) is 0 Å².